The third-order valence-corrected chi connectivity index (χ3v) is 4.44. The van der Waals surface area contributed by atoms with Gasteiger partial charge in [0.1, 0.15) is 0 Å². The van der Waals surface area contributed by atoms with Gasteiger partial charge in [-0.1, -0.05) is 23.1 Å². The minimum Gasteiger partial charge on any atom is -0.396 e. The van der Waals surface area contributed by atoms with Gasteiger partial charge in [-0.2, -0.15) is 0 Å². The lowest BCUT2D eigenvalue weighted by Gasteiger charge is -2.08. The molecule has 28 heavy (non-hydrogen) atoms. The SMILES string of the molecule is Cc1cc(C#CCCCO)ccc1-c1cc(Cc2cccnc2[C@H](C)O)no1. The highest BCUT2D eigenvalue weighted by atomic mass is 16.5. The molecule has 0 unspecified atom stereocenters. The van der Waals surface area contributed by atoms with Crippen molar-refractivity contribution >= 4 is 0 Å². The van der Waals surface area contributed by atoms with Gasteiger partial charge in [-0.15, -0.1) is 0 Å². The predicted octanol–water partition coefficient (Wildman–Crippen LogP) is 3.81. The number of hydrogen-bond acceptors (Lipinski definition) is 5. The molecule has 0 saturated carbocycles. The molecule has 2 heterocycles. The van der Waals surface area contributed by atoms with Crippen LogP contribution in [0.4, 0.5) is 0 Å². The molecule has 0 bridgehead atoms. The number of unbranched alkanes of at least 4 members (excludes halogenated alkanes) is 1. The maximum Gasteiger partial charge on any atom is 0.167 e. The van der Waals surface area contributed by atoms with E-state index in [2.05, 4.69) is 22.0 Å². The smallest absolute Gasteiger partial charge is 0.167 e. The normalized spacial score (nSPS) is 11.7. The number of pyridine rings is 1. The molecule has 144 valence electrons. The maximum atomic E-state index is 9.89. The molecule has 0 fully saturated rings. The molecule has 0 aliphatic heterocycles. The van der Waals surface area contributed by atoms with E-state index < -0.39 is 6.10 Å². The Morgan fingerprint density at radius 1 is 1.21 bits per heavy atom. The van der Waals surface area contributed by atoms with E-state index in [1.54, 1.807) is 13.1 Å². The van der Waals surface area contributed by atoms with Gasteiger partial charge in [-0.05, 0) is 55.7 Å². The number of benzene rings is 1. The standard InChI is InChI=1S/C23H24N2O3/c1-16-13-18(7-4-3-5-12-26)9-10-21(16)22-15-20(25-28-22)14-19-8-6-11-24-23(19)17(2)27/h6,8-11,13,15,17,26-27H,3,5,12,14H2,1-2H3/t17-/m0/s1. The molecule has 3 rings (SSSR count). The third-order valence-electron chi connectivity index (χ3n) is 4.44. The zero-order valence-corrected chi connectivity index (χ0v) is 16.1. The Labute approximate surface area is 165 Å². The second kappa shape index (κ2) is 9.32. The summed E-state index contributed by atoms with van der Waals surface area (Å²) in [6, 6.07) is 11.7. The molecule has 0 amide bonds. The molecule has 5 heteroatoms. The fraction of sp³-hybridized carbons (Fsp3) is 0.304. The Kier molecular flexibility index (Phi) is 6.59. The number of rotatable bonds is 6. The molecule has 0 aliphatic rings. The Morgan fingerprint density at radius 2 is 2.07 bits per heavy atom. The summed E-state index contributed by atoms with van der Waals surface area (Å²) < 4.78 is 5.56. The molecule has 1 atom stereocenters. The number of aliphatic hydroxyl groups is 2. The second-order valence-corrected chi connectivity index (χ2v) is 6.74. The van der Waals surface area contributed by atoms with Gasteiger partial charge in [0, 0.05) is 42.8 Å². The Balaban J connectivity index is 1.78. The van der Waals surface area contributed by atoms with Crippen LogP contribution in [-0.2, 0) is 6.42 Å². The summed E-state index contributed by atoms with van der Waals surface area (Å²) >= 11 is 0. The third kappa shape index (κ3) is 4.86. The van der Waals surface area contributed by atoms with Crippen LogP contribution in [-0.4, -0.2) is 27.0 Å². The van der Waals surface area contributed by atoms with Crippen LogP contribution in [0.25, 0.3) is 11.3 Å². The van der Waals surface area contributed by atoms with Crippen LogP contribution in [0.2, 0.25) is 0 Å². The van der Waals surface area contributed by atoms with Crippen LogP contribution < -0.4 is 0 Å². The lowest BCUT2D eigenvalue weighted by molar-refractivity contribution is 0.193. The van der Waals surface area contributed by atoms with E-state index in [1.807, 2.05) is 43.3 Å². The first kappa shape index (κ1) is 19.8. The molecule has 0 radical (unpaired) electrons. The molecular formula is C23H24N2O3. The second-order valence-electron chi connectivity index (χ2n) is 6.74. The van der Waals surface area contributed by atoms with Crippen molar-refractivity contribution in [3.05, 3.63) is 70.7 Å². The van der Waals surface area contributed by atoms with Gasteiger partial charge < -0.3 is 14.7 Å². The minimum atomic E-state index is -0.629. The van der Waals surface area contributed by atoms with E-state index in [4.69, 9.17) is 9.63 Å². The van der Waals surface area contributed by atoms with E-state index in [0.717, 1.165) is 27.9 Å². The first-order valence-corrected chi connectivity index (χ1v) is 9.36. The molecule has 1 aromatic carbocycles. The van der Waals surface area contributed by atoms with Crippen LogP contribution in [0.15, 0.2) is 47.1 Å². The highest BCUT2D eigenvalue weighted by Gasteiger charge is 2.14. The molecule has 3 aromatic rings. The average Bonchev–Trinajstić information content (AvgIpc) is 3.14. The Bertz CT molecular complexity index is 996. The summed E-state index contributed by atoms with van der Waals surface area (Å²) in [7, 11) is 0. The van der Waals surface area contributed by atoms with Crippen molar-refractivity contribution in [1.29, 1.82) is 0 Å². The first-order valence-electron chi connectivity index (χ1n) is 9.36. The van der Waals surface area contributed by atoms with Gasteiger partial charge in [0.2, 0.25) is 0 Å². The van der Waals surface area contributed by atoms with Crippen molar-refractivity contribution in [1.82, 2.24) is 10.1 Å². The van der Waals surface area contributed by atoms with Crippen LogP contribution in [0, 0.1) is 18.8 Å². The van der Waals surface area contributed by atoms with E-state index in [9.17, 15) is 5.11 Å². The van der Waals surface area contributed by atoms with Crippen molar-refractivity contribution in [2.75, 3.05) is 6.61 Å². The van der Waals surface area contributed by atoms with Gasteiger partial charge in [-0.25, -0.2) is 0 Å². The summed E-state index contributed by atoms with van der Waals surface area (Å²) in [5.74, 6) is 6.88. The maximum absolute atomic E-state index is 9.89. The summed E-state index contributed by atoms with van der Waals surface area (Å²) in [6.45, 7) is 3.89. The lowest BCUT2D eigenvalue weighted by Crippen LogP contribution is -2.02. The van der Waals surface area contributed by atoms with Gasteiger partial charge in [0.15, 0.2) is 5.76 Å². The first-order chi connectivity index (χ1) is 13.6. The molecule has 0 saturated heterocycles. The zero-order valence-electron chi connectivity index (χ0n) is 16.1. The van der Waals surface area contributed by atoms with Gasteiger partial charge >= 0.3 is 0 Å². The molecule has 2 N–H and O–H groups in total. The molecular weight excluding hydrogens is 352 g/mol. The van der Waals surface area contributed by atoms with Crippen molar-refractivity contribution < 1.29 is 14.7 Å². The van der Waals surface area contributed by atoms with Crippen LogP contribution in [0.1, 0.15) is 53.9 Å². The van der Waals surface area contributed by atoms with Gasteiger partial charge in [-0.3, -0.25) is 4.98 Å². The molecule has 0 spiro atoms. The number of hydrogen-bond donors (Lipinski definition) is 2. The largest absolute Gasteiger partial charge is 0.396 e. The van der Waals surface area contributed by atoms with Gasteiger partial charge in [0.25, 0.3) is 0 Å². The Morgan fingerprint density at radius 3 is 2.82 bits per heavy atom. The topological polar surface area (TPSA) is 79.4 Å². The van der Waals surface area contributed by atoms with Crippen molar-refractivity contribution in [3.63, 3.8) is 0 Å². The number of aromatic nitrogens is 2. The van der Waals surface area contributed by atoms with E-state index >= 15 is 0 Å². The quantitative estimate of drug-likeness (QED) is 0.505. The molecule has 2 aromatic heterocycles. The fourth-order valence-corrected chi connectivity index (χ4v) is 3.04. The van der Waals surface area contributed by atoms with Crippen LogP contribution in [0.5, 0.6) is 0 Å². The van der Waals surface area contributed by atoms with E-state index in [0.29, 0.717) is 30.7 Å². The van der Waals surface area contributed by atoms with Gasteiger partial charge in [0.05, 0.1) is 17.5 Å². The van der Waals surface area contributed by atoms with Crippen molar-refractivity contribution in [2.45, 2.75) is 39.2 Å². The predicted molar refractivity (Wildman–Crippen MR) is 108 cm³/mol. The summed E-state index contributed by atoms with van der Waals surface area (Å²) in [6.07, 6.45) is 2.97. The highest BCUT2D eigenvalue weighted by molar-refractivity contribution is 5.63. The summed E-state index contributed by atoms with van der Waals surface area (Å²) in [5.41, 5.74) is 5.35. The zero-order chi connectivity index (χ0) is 19.9. The van der Waals surface area contributed by atoms with Crippen molar-refractivity contribution in [3.8, 4) is 23.2 Å². The fourth-order valence-electron chi connectivity index (χ4n) is 3.04. The highest BCUT2D eigenvalue weighted by Crippen LogP contribution is 2.26. The summed E-state index contributed by atoms with van der Waals surface area (Å²) in [4.78, 5) is 4.26. The number of aryl methyl sites for hydroxylation is 1. The minimum absolute atomic E-state index is 0.165. The number of aliphatic hydroxyl groups excluding tert-OH is 2. The molecule has 5 nitrogen and oxygen atoms in total. The summed E-state index contributed by atoms with van der Waals surface area (Å²) in [5, 5.41) is 22.9. The van der Waals surface area contributed by atoms with Crippen LogP contribution in [0.3, 0.4) is 0 Å². The Hall–Kier alpha value is -2.94. The van der Waals surface area contributed by atoms with E-state index in [-0.39, 0.29) is 6.61 Å². The van der Waals surface area contributed by atoms with Crippen molar-refractivity contribution in [2.24, 2.45) is 0 Å². The average molecular weight is 376 g/mol. The van der Waals surface area contributed by atoms with E-state index in [1.165, 1.54) is 0 Å². The van der Waals surface area contributed by atoms with Crippen LogP contribution >= 0.6 is 0 Å². The monoisotopic (exact) mass is 376 g/mol. The lowest BCUT2D eigenvalue weighted by atomic mass is 10.0. The molecule has 0 aliphatic carbocycles. The number of nitrogens with zero attached hydrogens (tertiary/aromatic N) is 2.